The van der Waals surface area contributed by atoms with Gasteiger partial charge in [0.25, 0.3) is 0 Å². The minimum absolute atomic E-state index is 0.155. The molecule has 0 aliphatic carbocycles. The summed E-state index contributed by atoms with van der Waals surface area (Å²) in [5, 5.41) is 37.1. The minimum Gasteiger partial charge on any atom is -0.507 e. The van der Waals surface area contributed by atoms with Gasteiger partial charge in [0.1, 0.15) is 11.3 Å². The fourth-order valence-corrected chi connectivity index (χ4v) is 1.36. The molecule has 6 heteroatoms. The standard InChI is InChI=1S/C10H7NO5/c12-6-2-1-4-7(13)3-5(10(15)16)11-8(4)9(6)14/h1-3,12,14H,(H,11,13)(H,15,16). The summed E-state index contributed by atoms with van der Waals surface area (Å²) in [7, 11) is 0. The Morgan fingerprint density at radius 1 is 1.12 bits per heavy atom. The Kier molecular flexibility index (Phi) is 2.05. The molecule has 0 radical (unpaired) electrons. The van der Waals surface area contributed by atoms with Crippen LogP contribution in [0.3, 0.4) is 0 Å². The smallest absolute Gasteiger partial charge is 0.354 e. The van der Waals surface area contributed by atoms with Crippen LogP contribution < -0.4 is 0 Å². The number of aromatic carboxylic acids is 1. The summed E-state index contributed by atoms with van der Waals surface area (Å²) in [5.41, 5.74) is -0.566. The molecule has 0 amide bonds. The van der Waals surface area contributed by atoms with Gasteiger partial charge in [0, 0.05) is 11.5 Å². The van der Waals surface area contributed by atoms with Crippen molar-refractivity contribution < 1.29 is 25.2 Å². The van der Waals surface area contributed by atoms with Crippen molar-refractivity contribution in [3.63, 3.8) is 0 Å². The lowest BCUT2D eigenvalue weighted by atomic mass is 10.1. The number of fused-ring (bicyclic) bond motifs is 1. The summed E-state index contributed by atoms with van der Waals surface area (Å²) < 4.78 is 0. The van der Waals surface area contributed by atoms with Gasteiger partial charge in [-0.25, -0.2) is 9.78 Å². The SMILES string of the molecule is O=C(O)c1cc(O)c2ccc(O)c(O)c2n1. The van der Waals surface area contributed by atoms with Gasteiger partial charge in [0.05, 0.1) is 0 Å². The van der Waals surface area contributed by atoms with E-state index in [1.54, 1.807) is 0 Å². The molecule has 2 rings (SSSR count). The van der Waals surface area contributed by atoms with Crippen LogP contribution in [0.5, 0.6) is 17.2 Å². The highest BCUT2D eigenvalue weighted by Crippen LogP contribution is 2.36. The molecular weight excluding hydrogens is 214 g/mol. The number of pyridine rings is 1. The van der Waals surface area contributed by atoms with Gasteiger partial charge in [-0.05, 0) is 12.1 Å². The van der Waals surface area contributed by atoms with Gasteiger partial charge in [0.15, 0.2) is 17.2 Å². The quantitative estimate of drug-likeness (QED) is 0.535. The first-order chi connectivity index (χ1) is 7.50. The molecule has 6 nitrogen and oxygen atoms in total. The fraction of sp³-hybridized carbons (Fsp3) is 0. The molecule has 1 aromatic carbocycles. The third kappa shape index (κ3) is 1.36. The molecule has 1 heterocycles. The number of carboxylic acids is 1. The zero-order chi connectivity index (χ0) is 11.9. The van der Waals surface area contributed by atoms with Crippen LogP contribution in [-0.4, -0.2) is 31.4 Å². The Balaban J connectivity index is 2.88. The largest absolute Gasteiger partial charge is 0.507 e. The van der Waals surface area contributed by atoms with Crippen LogP contribution in [0.4, 0.5) is 0 Å². The van der Waals surface area contributed by atoms with E-state index in [-0.39, 0.29) is 16.7 Å². The number of hydrogen-bond donors (Lipinski definition) is 4. The number of aromatic hydroxyl groups is 3. The van der Waals surface area contributed by atoms with E-state index in [1.807, 2.05) is 0 Å². The summed E-state index contributed by atoms with van der Waals surface area (Å²) in [4.78, 5) is 14.3. The number of rotatable bonds is 1. The van der Waals surface area contributed by atoms with Crippen molar-refractivity contribution in [2.24, 2.45) is 0 Å². The first-order valence-electron chi connectivity index (χ1n) is 4.28. The highest BCUT2D eigenvalue weighted by atomic mass is 16.4. The van der Waals surface area contributed by atoms with Gasteiger partial charge in [0.2, 0.25) is 0 Å². The van der Waals surface area contributed by atoms with E-state index in [9.17, 15) is 20.1 Å². The third-order valence-corrected chi connectivity index (χ3v) is 2.13. The summed E-state index contributed by atoms with van der Waals surface area (Å²) in [6.07, 6.45) is 0. The first-order valence-corrected chi connectivity index (χ1v) is 4.28. The van der Waals surface area contributed by atoms with Crippen molar-refractivity contribution >= 4 is 16.9 Å². The van der Waals surface area contributed by atoms with E-state index in [4.69, 9.17) is 5.11 Å². The van der Waals surface area contributed by atoms with Gasteiger partial charge in [-0.15, -0.1) is 0 Å². The number of nitrogens with zero attached hydrogens (tertiary/aromatic N) is 1. The summed E-state index contributed by atoms with van der Waals surface area (Å²) in [5.74, 6) is -2.64. The molecule has 0 bridgehead atoms. The number of phenols is 2. The van der Waals surface area contributed by atoms with Gasteiger partial charge in [-0.1, -0.05) is 0 Å². The number of hydrogen-bond acceptors (Lipinski definition) is 5. The van der Waals surface area contributed by atoms with E-state index in [2.05, 4.69) is 4.98 Å². The second-order valence-electron chi connectivity index (χ2n) is 3.16. The Bertz CT molecular complexity index is 593. The minimum atomic E-state index is -1.33. The maximum absolute atomic E-state index is 10.7. The molecule has 16 heavy (non-hydrogen) atoms. The van der Waals surface area contributed by atoms with E-state index < -0.39 is 23.2 Å². The van der Waals surface area contributed by atoms with Gasteiger partial charge in [-0.2, -0.15) is 0 Å². The molecule has 1 aromatic heterocycles. The lowest BCUT2D eigenvalue weighted by molar-refractivity contribution is 0.0690. The third-order valence-electron chi connectivity index (χ3n) is 2.13. The predicted molar refractivity (Wildman–Crippen MR) is 53.7 cm³/mol. The zero-order valence-corrected chi connectivity index (χ0v) is 7.88. The molecule has 0 aliphatic rings. The lowest BCUT2D eigenvalue weighted by Gasteiger charge is -2.05. The van der Waals surface area contributed by atoms with E-state index in [1.165, 1.54) is 12.1 Å². The molecular formula is C10H7NO5. The topological polar surface area (TPSA) is 111 Å². The van der Waals surface area contributed by atoms with Gasteiger partial charge in [-0.3, -0.25) is 0 Å². The van der Waals surface area contributed by atoms with Crippen LogP contribution >= 0.6 is 0 Å². The van der Waals surface area contributed by atoms with Crippen LogP contribution in [0.15, 0.2) is 18.2 Å². The molecule has 0 spiro atoms. The molecule has 0 fully saturated rings. The predicted octanol–water partition coefficient (Wildman–Crippen LogP) is 1.05. The molecule has 4 N–H and O–H groups in total. The molecule has 0 aliphatic heterocycles. The molecule has 0 atom stereocenters. The number of carboxylic acid groups (broad SMARTS) is 1. The molecule has 0 saturated carbocycles. The molecule has 0 unspecified atom stereocenters. The number of aromatic nitrogens is 1. The molecule has 2 aromatic rings. The van der Waals surface area contributed by atoms with Crippen molar-refractivity contribution in [2.75, 3.05) is 0 Å². The average molecular weight is 221 g/mol. The number of phenolic OH excluding ortho intramolecular Hbond substituents is 2. The van der Waals surface area contributed by atoms with Crippen LogP contribution in [0.2, 0.25) is 0 Å². The van der Waals surface area contributed by atoms with Gasteiger partial charge >= 0.3 is 5.97 Å². The Morgan fingerprint density at radius 3 is 2.44 bits per heavy atom. The summed E-state index contributed by atoms with van der Waals surface area (Å²) in [6, 6.07) is 3.49. The second-order valence-corrected chi connectivity index (χ2v) is 3.16. The first kappa shape index (κ1) is 10.0. The maximum atomic E-state index is 10.7. The number of benzene rings is 1. The van der Waals surface area contributed by atoms with Crippen molar-refractivity contribution in [1.82, 2.24) is 4.98 Å². The Hall–Kier alpha value is -2.50. The maximum Gasteiger partial charge on any atom is 0.354 e. The van der Waals surface area contributed by atoms with Crippen molar-refractivity contribution in [3.05, 3.63) is 23.9 Å². The lowest BCUT2D eigenvalue weighted by Crippen LogP contribution is -2.00. The summed E-state index contributed by atoms with van der Waals surface area (Å²) >= 11 is 0. The van der Waals surface area contributed by atoms with Crippen molar-refractivity contribution in [1.29, 1.82) is 0 Å². The molecule has 0 saturated heterocycles. The normalized spacial score (nSPS) is 10.5. The van der Waals surface area contributed by atoms with Crippen molar-refractivity contribution in [2.45, 2.75) is 0 Å². The van der Waals surface area contributed by atoms with Crippen LogP contribution in [0, 0.1) is 0 Å². The highest BCUT2D eigenvalue weighted by Gasteiger charge is 2.14. The van der Waals surface area contributed by atoms with E-state index in [0.29, 0.717) is 0 Å². The van der Waals surface area contributed by atoms with E-state index >= 15 is 0 Å². The number of carbonyl (C=O) groups is 1. The van der Waals surface area contributed by atoms with Crippen LogP contribution in [-0.2, 0) is 0 Å². The Labute approximate surface area is 89.0 Å². The fourth-order valence-electron chi connectivity index (χ4n) is 1.36. The Morgan fingerprint density at radius 2 is 1.81 bits per heavy atom. The average Bonchev–Trinajstić information content (AvgIpc) is 2.23. The van der Waals surface area contributed by atoms with Crippen molar-refractivity contribution in [3.8, 4) is 17.2 Å². The monoisotopic (exact) mass is 221 g/mol. The van der Waals surface area contributed by atoms with Gasteiger partial charge < -0.3 is 20.4 Å². The zero-order valence-electron chi connectivity index (χ0n) is 7.88. The van der Waals surface area contributed by atoms with E-state index in [0.717, 1.165) is 6.07 Å². The summed E-state index contributed by atoms with van der Waals surface area (Å²) in [6.45, 7) is 0. The highest BCUT2D eigenvalue weighted by molar-refractivity contribution is 5.96. The van der Waals surface area contributed by atoms with Crippen LogP contribution in [0.25, 0.3) is 10.9 Å². The van der Waals surface area contributed by atoms with Crippen LogP contribution in [0.1, 0.15) is 10.5 Å². The molecule has 82 valence electrons. The second kappa shape index (κ2) is 3.27.